The minimum Gasteiger partial charge on any atom is -0.474 e. The number of nitrogens with zero attached hydrogens (tertiary/aromatic N) is 2. The number of carbonyl (C=O) groups is 2. The van der Waals surface area contributed by atoms with Crippen LogP contribution < -0.4 is 5.32 Å². The van der Waals surface area contributed by atoms with Crippen molar-refractivity contribution in [1.29, 1.82) is 0 Å². The van der Waals surface area contributed by atoms with Gasteiger partial charge in [-0.05, 0) is 0 Å². The zero-order chi connectivity index (χ0) is 13.6. The van der Waals surface area contributed by atoms with E-state index in [-0.39, 0.29) is 10.8 Å². The van der Waals surface area contributed by atoms with Crippen molar-refractivity contribution < 1.29 is 23.5 Å². The third-order valence-electron chi connectivity index (χ3n) is 2.63. The molecule has 18 heavy (non-hydrogen) atoms. The molecule has 1 fully saturated rings. The van der Waals surface area contributed by atoms with Crippen LogP contribution in [0.4, 0.5) is 8.78 Å². The van der Waals surface area contributed by atoms with Crippen molar-refractivity contribution >= 4 is 23.5 Å². The Morgan fingerprint density at radius 1 is 1.39 bits per heavy atom. The molecular weight excluding hydrogens is 274 g/mol. The molecule has 1 amide bonds. The summed E-state index contributed by atoms with van der Waals surface area (Å²) < 4.78 is 26.0. The number of H-pyrrole nitrogens is 1. The first-order valence-electron chi connectivity index (χ1n) is 4.76. The van der Waals surface area contributed by atoms with E-state index in [1.54, 1.807) is 0 Å². The van der Waals surface area contributed by atoms with E-state index in [9.17, 15) is 18.4 Å². The van der Waals surface area contributed by atoms with Gasteiger partial charge >= 0.3 is 11.9 Å². The second-order valence-corrected chi connectivity index (χ2v) is 4.37. The van der Waals surface area contributed by atoms with Gasteiger partial charge in [0.25, 0.3) is 5.92 Å². The lowest BCUT2D eigenvalue weighted by Gasteiger charge is -2.45. The monoisotopic (exact) mass is 280 g/mol. The lowest BCUT2D eigenvalue weighted by Crippen LogP contribution is -2.61. The van der Waals surface area contributed by atoms with Crippen LogP contribution in [0.3, 0.4) is 0 Å². The zero-order valence-corrected chi connectivity index (χ0v) is 9.46. The van der Waals surface area contributed by atoms with Crippen LogP contribution in [-0.4, -0.2) is 38.3 Å². The number of carboxylic acid groups (broad SMARTS) is 1. The van der Waals surface area contributed by atoms with E-state index in [4.69, 9.17) is 16.7 Å². The molecule has 0 aliphatic heterocycles. The normalized spacial score (nSPS) is 19.9. The predicted molar refractivity (Wildman–Crippen MR) is 53.0 cm³/mol. The van der Waals surface area contributed by atoms with Gasteiger partial charge in [0.1, 0.15) is 5.69 Å². The van der Waals surface area contributed by atoms with Crippen LogP contribution in [0.2, 0.25) is 5.15 Å². The highest BCUT2D eigenvalue weighted by atomic mass is 35.5. The van der Waals surface area contributed by atoms with Crippen LogP contribution >= 0.6 is 11.6 Å². The van der Waals surface area contributed by atoms with E-state index in [1.807, 2.05) is 5.32 Å². The minimum absolute atomic E-state index is 0.0929. The highest BCUT2D eigenvalue weighted by Gasteiger charge is 2.60. The van der Waals surface area contributed by atoms with Gasteiger partial charge in [0, 0.05) is 12.8 Å². The number of rotatable bonds is 2. The van der Waals surface area contributed by atoms with Crippen LogP contribution in [-0.2, 0) is 15.1 Å². The van der Waals surface area contributed by atoms with Gasteiger partial charge in [-0.2, -0.15) is 10.3 Å². The zero-order valence-electron chi connectivity index (χ0n) is 8.71. The Morgan fingerprint density at radius 2 is 2.00 bits per heavy atom. The first kappa shape index (κ1) is 12.7. The number of carboxylic acids is 1. The number of aromatic amines is 1. The molecule has 0 saturated heterocycles. The van der Waals surface area contributed by atoms with E-state index >= 15 is 0 Å². The molecule has 0 radical (unpaired) electrons. The molecule has 1 heterocycles. The number of halogens is 3. The number of aliphatic carboxylic acids is 1. The number of hydrogen-bond acceptors (Lipinski definition) is 4. The number of hydrogen-bond donors (Lipinski definition) is 3. The molecule has 0 aromatic carbocycles. The Bertz CT molecular complexity index is 510. The average Bonchev–Trinajstić information content (AvgIpc) is 2.61. The van der Waals surface area contributed by atoms with Gasteiger partial charge in [-0.15, -0.1) is 5.10 Å². The Kier molecular flexibility index (Phi) is 2.73. The largest absolute Gasteiger partial charge is 0.474 e. The smallest absolute Gasteiger partial charge is 0.394 e. The van der Waals surface area contributed by atoms with E-state index in [1.165, 1.54) is 0 Å². The molecule has 1 saturated carbocycles. The van der Waals surface area contributed by atoms with E-state index in [0.29, 0.717) is 0 Å². The van der Waals surface area contributed by atoms with E-state index < -0.39 is 36.2 Å². The average molecular weight is 281 g/mol. The quantitative estimate of drug-likeness (QED) is 0.675. The Balaban J connectivity index is 2.30. The van der Waals surface area contributed by atoms with E-state index in [0.717, 1.165) is 0 Å². The fraction of sp³-hybridized carbons (Fsp3) is 0.500. The number of alkyl halides is 2. The Morgan fingerprint density at radius 3 is 2.39 bits per heavy atom. The van der Waals surface area contributed by atoms with Gasteiger partial charge in [0.2, 0.25) is 0 Å². The molecule has 1 aliphatic rings. The fourth-order valence-electron chi connectivity index (χ4n) is 1.94. The summed E-state index contributed by atoms with van der Waals surface area (Å²) in [6, 6.07) is 0. The summed E-state index contributed by atoms with van der Waals surface area (Å²) in [7, 11) is 0. The van der Waals surface area contributed by atoms with Gasteiger partial charge in [-0.25, -0.2) is 13.6 Å². The number of aromatic nitrogens is 3. The third kappa shape index (κ3) is 2.01. The molecular formula is C8H7ClF2N4O3. The SMILES string of the molecule is O=C(O)C(=O)NC1(c2n[nH]nc2Cl)CC(F)(F)C1. The van der Waals surface area contributed by atoms with Gasteiger partial charge in [0.05, 0.1) is 5.54 Å². The maximum absolute atomic E-state index is 13.0. The highest BCUT2D eigenvalue weighted by molar-refractivity contribution is 6.32. The maximum atomic E-state index is 13.0. The van der Waals surface area contributed by atoms with Gasteiger partial charge in [-0.1, -0.05) is 11.6 Å². The summed E-state index contributed by atoms with van der Waals surface area (Å²) >= 11 is 5.64. The van der Waals surface area contributed by atoms with Crippen molar-refractivity contribution in [2.24, 2.45) is 0 Å². The molecule has 0 bridgehead atoms. The topological polar surface area (TPSA) is 108 Å². The first-order valence-corrected chi connectivity index (χ1v) is 5.14. The lowest BCUT2D eigenvalue weighted by molar-refractivity contribution is -0.162. The summed E-state index contributed by atoms with van der Waals surface area (Å²) in [5, 5.41) is 19.5. The van der Waals surface area contributed by atoms with Crippen molar-refractivity contribution in [3.8, 4) is 0 Å². The van der Waals surface area contributed by atoms with Gasteiger partial charge in [-0.3, -0.25) is 4.79 Å². The molecule has 0 atom stereocenters. The number of nitrogens with one attached hydrogen (secondary N) is 2. The second-order valence-electron chi connectivity index (χ2n) is 4.01. The molecule has 3 N–H and O–H groups in total. The fourth-order valence-corrected chi connectivity index (χ4v) is 2.20. The maximum Gasteiger partial charge on any atom is 0.394 e. The second kappa shape index (κ2) is 3.87. The minimum atomic E-state index is -3.01. The summed E-state index contributed by atoms with van der Waals surface area (Å²) in [5.74, 6) is -6.18. The first-order chi connectivity index (χ1) is 8.26. The third-order valence-corrected chi connectivity index (χ3v) is 2.89. The summed E-state index contributed by atoms with van der Waals surface area (Å²) in [5.41, 5.74) is -1.69. The van der Waals surface area contributed by atoms with Crippen LogP contribution in [0.15, 0.2) is 0 Å². The van der Waals surface area contributed by atoms with Crippen molar-refractivity contribution in [3.05, 3.63) is 10.8 Å². The standard InChI is InChI=1S/C8H7ClF2N4O3/c9-4-3(13-15-14-4)7(1-8(10,11)2-7)12-5(16)6(17)18/h1-2H2,(H,12,16)(H,17,18)(H,13,14,15). The molecule has 2 rings (SSSR count). The van der Waals surface area contributed by atoms with Crippen molar-refractivity contribution in [2.45, 2.75) is 24.3 Å². The van der Waals surface area contributed by atoms with Crippen molar-refractivity contribution in [2.75, 3.05) is 0 Å². The van der Waals surface area contributed by atoms with Gasteiger partial charge < -0.3 is 10.4 Å². The molecule has 98 valence electrons. The molecule has 10 heteroatoms. The number of amides is 1. The van der Waals surface area contributed by atoms with Gasteiger partial charge in [0.15, 0.2) is 5.15 Å². The Labute approximate surface area is 104 Å². The van der Waals surface area contributed by atoms with Crippen LogP contribution in [0.1, 0.15) is 18.5 Å². The Hall–Kier alpha value is -1.77. The van der Waals surface area contributed by atoms with Crippen LogP contribution in [0, 0.1) is 0 Å². The van der Waals surface area contributed by atoms with Crippen molar-refractivity contribution in [3.63, 3.8) is 0 Å². The molecule has 0 unspecified atom stereocenters. The summed E-state index contributed by atoms with van der Waals surface area (Å²) in [6.45, 7) is 0. The molecule has 7 nitrogen and oxygen atoms in total. The predicted octanol–water partition coefficient (Wildman–Crippen LogP) is 0.283. The summed E-state index contributed by atoms with van der Waals surface area (Å²) in [6.07, 6.45) is -1.55. The lowest BCUT2D eigenvalue weighted by atomic mass is 9.71. The van der Waals surface area contributed by atoms with E-state index in [2.05, 4.69) is 15.4 Å². The molecule has 1 aromatic heterocycles. The van der Waals surface area contributed by atoms with Crippen LogP contribution in [0.5, 0.6) is 0 Å². The molecule has 0 spiro atoms. The highest BCUT2D eigenvalue weighted by Crippen LogP contribution is 2.52. The summed E-state index contributed by atoms with van der Waals surface area (Å²) in [4.78, 5) is 21.6. The van der Waals surface area contributed by atoms with Crippen molar-refractivity contribution in [1.82, 2.24) is 20.7 Å². The molecule has 1 aromatic rings. The van der Waals surface area contributed by atoms with Crippen LogP contribution in [0.25, 0.3) is 0 Å². The number of carbonyl (C=O) groups excluding carboxylic acids is 1. The molecule has 1 aliphatic carbocycles.